The molecule has 0 unspecified atom stereocenters. The Labute approximate surface area is 199 Å². The van der Waals surface area contributed by atoms with Gasteiger partial charge in [-0.15, -0.1) is 11.3 Å². The van der Waals surface area contributed by atoms with Crippen LogP contribution in [0.4, 0.5) is 11.4 Å². The second kappa shape index (κ2) is 10.3. The van der Waals surface area contributed by atoms with E-state index >= 15 is 0 Å². The maximum absolute atomic E-state index is 12.9. The third kappa shape index (κ3) is 5.73. The first-order chi connectivity index (χ1) is 15.2. The highest BCUT2D eigenvalue weighted by Crippen LogP contribution is 2.26. The molecule has 2 heterocycles. The van der Waals surface area contributed by atoms with Crippen LogP contribution in [0.1, 0.15) is 35.5 Å². The molecule has 0 bridgehead atoms. The molecule has 0 saturated carbocycles. The molecule has 0 aliphatic carbocycles. The number of aliphatic imine (C=N–C) groups is 1. The average molecular weight is 518 g/mol. The zero-order valence-electron chi connectivity index (χ0n) is 18.1. The molecule has 0 spiro atoms. The van der Waals surface area contributed by atoms with Gasteiger partial charge in [-0.05, 0) is 72.6 Å². The number of nitrogens with one attached hydrogen (secondary N) is 2. The van der Waals surface area contributed by atoms with Crippen LogP contribution in [0.2, 0.25) is 0 Å². The van der Waals surface area contributed by atoms with Gasteiger partial charge in [0.25, 0.3) is 5.91 Å². The van der Waals surface area contributed by atoms with Gasteiger partial charge < -0.3 is 20.3 Å². The molecule has 1 aliphatic heterocycles. The van der Waals surface area contributed by atoms with Gasteiger partial charge >= 0.3 is 0 Å². The van der Waals surface area contributed by atoms with E-state index in [-0.39, 0.29) is 11.8 Å². The lowest BCUT2D eigenvalue weighted by Gasteiger charge is -2.27. The van der Waals surface area contributed by atoms with Gasteiger partial charge in [-0.25, -0.2) is 0 Å². The van der Waals surface area contributed by atoms with Crippen molar-refractivity contribution < 1.29 is 14.3 Å². The number of aryl methyl sites for hydroxylation is 1. The number of anilines is 2. The fourth-order valence-electron chi connectivity index (χ4n) is 3.28. The first kappa shape index (κ1) is 23.9. The van der Waals surface area contributed by atoms with Gasteiger partial charge in [0.15, 0.2) is 0 Å². The van der Waals surface area contributed by atoms with Crippen LogP contribution >= 0.6 is 27.3 Å². The number of nitriles is 1. The molecule has 1 saturated heterocycles. The zero-order valence-corrected chi connectivity index (χ0v) is 20.5. The van der Waals surface area contributed by atoms with Gasteiger partial charge in [0, 0.05) is 24.3 Å². The Morgan fingerprint density at radius 2 is 2.06 bits per heavy atom. The van der Waals surface area contributed by atoms with Crippen molar-refractivity contribution in [1.82, 2.24) is 5.32 Å². The summed E-state index contributed by atoms with van der Waals surface area (Å²) in [6, 6.07) is 9.04. The van der Waals surface area contributed by atoms with E-state index in [1.807, 2.05) is 30.1 Å². The second-order valence-electron chi connectivity index (χ2n) is 7.78. The summed E-state index contributed by atoms with van der Waals surface area (Å²) >= 11 is 4.64. The van der Waals surface area contributed by atoms with E-state index in [1.54, 1.807) is 32.0 Å². The Bertz CT molecular complexity index is 1090. The monoisotopic (exact) mass is 517 g/mol. The molecule has 1 aromatic carbocycles. The SMILES string of the molecule is Cc1cc(NC(=O)C(C)(C)NC(=O)c2ccc(Br)s2)ccc1N1CCOCC/C1=N/C#N. The van der Waals surface area contributed by atoms with Gasteiger partial charge in [-0.2, -0.15) is 10.3 Å². The van der Waals surface area contributed by atoms with Crippen LogP contribution in [0.15, 0.2) is 39.1 Å². The molecular formula is C22H24BrN5O3S. The van der Waals surface area contributed by atoms with Crippen LogP contribution < -0.4 is 15.5 Å². The summed E-state index contributed by atoms with van der Waals surface area (Å²) in [6.07, 6.45) is 2.42. The lowest BCUT2D eigenvalue weighted by Crippen LogP contribution is -2.52. The number of halogens is 1. The normalized spacial score (nSPS) is 15.7. The number of hydrogen-bond donors (Lipinski definition) is 2. The smallest absolute Gasteiger partial charge is 0.262 e. The Balaban J connectivity index is 1.73. The number of rotatable bonds is 5. The summed E-state index contributed by atoms with van der Waals surface area (Å²) in [4.78, 5) is 31.8. The Hall–Kier alpha value is -2.74. The summed E-state index contributed by atoms with van der Waals surface area (Å²) in [7, 11) is 0. The van der Waals surface area contributed by atoms with E-state index in [4.69, 9.17) is 10.00 Å². The van der Waals surface area contributed by atoms with E-state index in [9.17, 15) is 9.59 Å². The molecule has 2 N–H and O–H groups in total. The quantitative estimate of drug-likeness (QED) is 0.581. The van der Waals surface area contributed by atoms with Crippen molar-refractivity contribution in [2.45, 2.75) is 32.7 Å². The minimum Gasteiger partial charge on any atom is -0.379 e. The number of benzene rings is 1. The molecule has 1 aliphatic rings. The lowest BCUT2D eigenvalue weighted by molar-refractivity contribution is -0.120. The summed E-state index contributed by atoms with van der Waals surface area (Å²) < 4.78 is 6.36. The molecule has 1 aromatic heterocycles. The summed E-state index contributed by atoms with van der Waals surface area (Å²) in [5.41, 5.74) is 1.32. The highest BCUT2D eigenvalue weighted by atomic mass is 79.9. The van der Waals surface area contributed by atoms with Crippen molar-refractivity contribution in [3.8, 4) is 6.19 Å². The van der Waals surface area contributed by atoms with Crippen LogP contribution in [-0.4, -0.2) is 42.9 Å². The van der Waals surface area contributed by atoms with Gasteiger partial charge in [0.2, 0.25) is 12.1 Å². The van der Waals surface area contributed by atoms with Gasteiger partial charge in [-0.1, -0.05) is 0 Å². The van der Waals surface area contributed by atoms with E-state index in [1.165, 1.54) is 11.3 Å². The Morgan fingerprint density at radius 3 is 2.72 bits per heavy atom. The van der Waals surface area contributed by atoms with Crippen molar-refractivity contribution in [3.05, 3.63) is 44.6 Å². The van der Waals surface area contributed by atoms with Crippen LogP contribution in [0.3, 0.4) is 0 Å². The molecule has 8 nitrogen and oxygen atoms in total. The largest absolute Gasteiger partial charge is 0.379 e. The number of hydrogen-bond acceptors (Lipinski definition) is 6. The van der Waals surface area contributed by atoms with E-state index in [0.717, 1.165) is 15.0 Å². The number of amidine groups is 1. The third-order valence-electron chi connectivity index (χ3n) is 4.96. The predicted molar refractivity (Wildman–Crippen MR) is 129 cm³/mol. The molecule has 168 valence electrons. The molecular weight excluding hydrogens is 494 g/mol. The highest BCUT2D eigenvalue weighted by molar-refractivity contribution is 9.11. The maximum Gasteiger partial charge on any atom is 0.262 e. The highest BCUT2D eigenvalue weighted by Gasteiger charge is 2.30. The number of ether oxygens (including phenoxy) is 1. The molecule has 3 rings (SSSR count). The van der Waals surface area contributed by atoms with Crippen LogP contribution in [0, 0.1) is 18.4 Å². The molecule has 2 aromatic rings. The standard InChI is InChI=1S/C22H24BrN5O3S/c1-14-12-15(4-5-16(14)28-9-11-31-10-8-19(28)25-13-24)26-21(30)22(2,3)27-20(29)17-6-7-18(23)32-17/h4-7,12H,8-11H2,1-3H3,(H,26,30)(H,27,29)/b25-19-. The summed E-state index contributed by atoms with van der Waals surface area (Å²) in [6.45, 7) is 6.90. The first-order valence-corrected chi connectivity index (χ1v) is 11.6. The number of thiophene rings is 1. The molecule has 0 radical (unpaired) electrons. The van der Waals surface area contributed by atoms with Crippen molar-refractivity contribution >= 4 is 56.3 Å². The fraction of sp³-hybridized carbons (Fsp3) is 0.364. The van der Waals surface area contributed by atoms with Crippen molar-refractivity contribution in [2.24, 2.45) is 4.99 Å². The van der Waals surface area contributed by atoms with Crippen molar-refractivity contribution in [1.29, 1.82) is 5.26 Å². The number of amides is 2. The average Bonchev–Trinajstić information content (AvgIpc) is 3.04. The number of nitrogens with zero attached hydrogens (tertiary/aromatic N) is 3. The fourth-order valence-corrected chi connectivity index (χ4v) is 4.56. The summed E-state index contributed by atoms with van der Waals surface area (Å²) in [5.74, 6) is 0.0255. The molecule has 2 amide bonds. The molecule has 10 heteroatoms. The van der Waals surface area contributed by atoms with E-state index in [0.29, 0.717) is 42.6 Å². The van der Waals surface area contributed by atoms with Crippen LogP contribution in [-0.2, 0) is 9.53 Å². The summed E-state index contributed by atoms with van der Waals surface area (Å²) in [5, 5.41) is 14.7. The minimum atomic E-state index is -1.12. The van der Waals surface area contributed by atoms with Crippen molar-refractivity contribution in [3.63, 3.8) is 0 Å². The van der Waals surface area contributed by atoms with Crippen molar-refractivity contribution in [2.75, 3.05) is 30.0 Å². The van der Waals surface area contributed by atoms with E-state index in [2.05, 4.69) is 31.6 Å². The Kier molecular flexibility index (Phi) is 7.66. The predicted octanol–water partition coefficient (Wildman–Crippen LogP) is 4.07. The first-order valence-electron chi connectivity index (χ1n) is 10.0. The number of carbonyl (C=O) groups is 2. The lowest BCUT2D eigenvalue weighted by atomic mass is 10.0. The van der Waals surface area contributed by atoms with Gasteiger partial charge in [-0.3, -0.25) is 9.59 Å². The maximum atomic E-state index is 12.9. The Morgan fingerprint density at radius 1 is 1.28 bits per heavy atom. The topological polar surface area (TPSA) is 107 Å². The van der Waals surface area contributed by atoms with Crippen LogP contribution in [0.5, 0.6) is 0 Å². The molecule has 0 atom stereocenters. The van der Waals surface area contributed by atoms with E-state index < -0.39 is 5.54 Å². The van der Waals surface area contributed by atoms with Gasteiger partial charge in [0.05, 0.1) is 21.9 Å². The third-order valence-corrected chi connectivity index (χ3v) is 6.58. The van der Waals surface area contributed by atoms with Gasteiger partial charge in [0.1, 0.15) is 11.4 Å². The molecule has 1 fully saturated rings. The minimum absolute atomic E-state index is 0.305. The zero-order chi connectivity index (χ0) is 23.3. The van der Waals surface area contributed by atoms with Crippen LogP contribution in [0.25, 0.3) is 0 Å². The second-order valence-corrected chi connectivity index (χ2v) is 10.2. The molecule has 32 heavy (non-hydrogen) atoms. The number of carbonyl (C=O) groups excluding carboxylic acids is 2.